The van der Waals surface area contributed by atoms with Gasteiger partial charge in [-0.1, -0.05) is 27.7 Å². The van der Waals surface area contributed by atoms with Crippen LogP contribution < -0.4 is 0 Å². The lowest BCUT2D eigenvalue weighted by atomic mass is 9.76. The molecule has 2 bridgehead atoms. The number of nitrogens with zero attached hydrogens (tertiary/aromatic N) is 1. The van der Waals surface area contributed by atoms with Crippen molar-refractivity contribution in [3.63, 3.8) is 0 Å². The molecule has 0 unspecified atom stereocenters. The van der Waals surface area contributed by atoms with Crippen molar-refractivity contribution in [1.82, 2.24) is 4.90 Å². The number of rotatable bonds is 9. The van der Waals surface area contributed by atoms with Crippen molar-refractivity contribution < 1.29 is 57.7 Å². The fourth-order valence-corrected chi connectivity index (χ4v) is 9.48. The van der Waals surface area contributed by atoms with Gasteiger partial charge in [0.2, 0.25) is 0 Å². The maximum Gasteiger partial charge on any atom is 0.311 e. The average Bonchev–Trinajstić information content (AvgIpc) is 3.38. The predicted molar refractivity (Wildman–Crippen MR) is 187 cm³/mol. The smallest absolute Gasteiger partial charge is 0.311 e. The molecule has 13 heteroatoms. The Kier molecular flexibility index (Phi) is 14.1. The number of halogens is 1. The largest absolute Gasteiger partial charge is 0.459 e. The summed E-state index contributed by atoms with van der Waals surface area (Å²) >= 11 is 0. The van der Waals surface area contributed by atoms with Gasteiger partial charge in [0, 0.05) is 44.4 Å². The topological polar surface area (TPSA) is 146 Å². The van der Waals surface area contributed by atoms with Crippen molar-refractivity contribution in [3.05, 3.63) is 0 Å². The zero-order valence-electron chi connectivity index (χ0n) is 33.0. The molecule has 0 aromatic heterocycles. The van der Waals surface area contributed by atoms with Crippen molar-refractivity contribution in [2.45, 2.75) is 186 Å². The minimum Gasteiger partial charge on any atom is -0.459 e. The molecule has 3 N–H and O–H groups in total. The Morgan fingerprint density at radius 1 is 0.961 bits per heavy atom. The highest BCUT2D eigenvalue weighted by molar-refractivity contribution is 5.73. The molecule has 4 saturated heterocycles. The fraction of sp³-hybridized carbons (Fsp3) is 0.974. The highest BCUT2D eigenvalue weighted by Crippen LogP contribution is 2.48. The number of ether oxygens (including phenoxy) is 7. The molecule has 18 atom stereocenters. The van der Waals surface area contributed by atoms with Gasteiger partial charge in [-0.3, -0.25) is 9.69 Å². The van der Waals surface area contributed by atoms with Crippen LogP contribution >= 0.6 is 0 Å². The summed E-state index contributed by atoms with van der Waals surface area (Å²) in [7, 11) is 3.44. The Balaban J connectivity index is 1.82. The first-order valence-electron chi connectivity index (χ1n) is 19.1. The van der Waals surface area contributed by atoms with E-state index in [9.17, 15) is 24.5 Å². The van der Waals surface area contributed by atoms with Crippen molar-refractivity contribution in [2.24, 2.45) is 23.7 Å². The second kappa shape index (κ2) is 16.8. The third-order valence-electron chi connectivity index (χ3n) is 12.5. The third-order valence-corrected chi connectivity index (χ3v) is 12.5. The van der Waals surface area contributed by atoms with Gasteiger partial charge in [0.15, 0.2) is 12.6 Å². The van der Waals surface area contributed by atoms with Crippen LogP contribution in [0, 0.1) is 23.7 Å². The Hall–Kier alpha value is -1.00. The van der Waals surface area contributed by atoms with Crippen LogP contribution in [-0.4, -0.2) is 138 Å². The quantitative estimate of drug-likeness (QED) is 0.295. The number of aliphatic hydroxyl groups excluding tert-OH is 2. The van der Waals surface area contributed by atoms with Crippen molar-refractivity contribution >= 4 is 5.97 Å². The van der Waals surface area contributed by atoms with E-state index >= 15 is 0 Å². The summed E-state index contributed by atoms with van der Waals surface area (Å²) in [4.78, 5) is 15.9. The number of fused-ring (bicyclic) bond motifs is 2. The summed E-state index contributed by atoms with van der Waals surface area (Å²) in [6.07, 6.45) is -5.54. The molecule has 4 rings (SSSR count). The van der Waals surface area contributed by atoms with Crippen molar-refractivity contribution in [2.75, 3.05) is 27.4 Å². The van der Waals surface area contributed by atoms with Gasteiger partial charge in [-0.05, 0) is 73.8 Å². The summed E-state index contributed by atoms with van der Waals surface area (Å²) < 4.78 is 58.6. The van der Waals surface area contributed by atoms with E-state index in [4.69, 9.17) is 33.2 Å². The monoisotopic (exact) mass is 733 g/mol. The van der Waals surface area contributed by atoms with Gasteiger partial charge < -0.3 is 48.5 Å². The highest BCUT2D eigenvalue weighted by Gasteiger charge is 2.57. The lowest BCUT2D eigenvalue weighted by Crippen LogP contribution is -2.60. The minimum absolute atomic E-state index is 0.0689. The molecule has 12 nitrogen and oxygen atoms in total. The first-order valence-corrected chi connectivity index (χ1v) is 19.1. The van der Waals surface area contributed by atoms with E-state index in [1.54, 1.807) is 32.9 Å². The summed E-state index contributed by atoms with van der Waals surface area (Å²) in [6, 6.07) is -0.420. The molecule has 0 aromatic rings. The van der Waals surface area contributed by atoms with E-state index in [-0.39, 0.29) is 31.1 Å². The van der Waals surface area contributed by atoms with Crippen LogP contribution in [0.2, 0.25) is 0 Å². The summed E-state index contributed by atoms with van der Waals surface area (Å²) in [5.41, 5.74) is -3.32. The van der Waals surface area contributed by atoms with E-state index in [2.05, 4.69) is 0 Å². The summed E-state index contributed by atoms with van der Waals surface area (Å²) in [5.74, 6) is -2.69. The molecule has 0 aromatic carbocycles. The number of hydrogen-bond acceptors (Lipinski definition) is 12. The maximum absolute atomic E-state index is 14.1. The third kappa shape index (κ3) is 9.11. The van der Waals surface area contributed by atoms with Crippen LogP contribution in [0.1, 0.15) is 101 Å². The lowest BCUT2D eigenvalue weighted by molar-refractivity contribution is -0.312. The van der Waals surface area contributed by atoms with Gasteiger partial charge >= 0.3 is 5.97 Å². The van der Waals surface area contributed by atoms with E-state index in [1.807, 2.05) is 48.5 Å². The van der Waals surface area contributed by atoms with Crippen LogP contribution in [-0.2, 0) is 38.0 Å². The zero-order valence-corrected chi connectivity index (χ0v) is 33.0. The minimum atomic E-state index is -1.78. The molecule has 0 spiro atoms. The fourth-order valence-electron chi connectivity index (χ4n) is 9.48. The molecule has 51 heavy (non-hydrogen) atoms. The molecule has 4 heterocycles. The maximum atomic E-state index is 14.1. The standard InChI is InChI=1S/C38H68FNO11/c1-13-27-38(10,44)32(42)23(5)30-20(2)17-37(9,51-30)33(50-35-29(41)26(16-21(3)47-35)40(11)15-14-39)24(6)31(25(7)34(43)48-27)49-28-19-36(8,45-12)18-22(4)46-28/h20-33,35,41-42,44H,13-19H2,1-12H3/t20-,21+,22-,23+,24-,25+,26-,27-,28-,29+,30+,31-,32+,33+,35-,36-,37-,38+/m0/s1. The number of carbonyl (C=O) groups excluding carboxylic acids is 1. The average molecular weight is 734 g/mol. The van der Waals surface area contributed by atoms with E-state index in [1.165, 1.54) is 6.92 Å². The van der Waals surface area contributed by atoms with Crippen LogP contribution in [0.25, 0.3) is 0 Å². The molecule has 4 fully saturated rings. The normalized spacial score (nSPS) is 50.3. The van der Waals surface area contributed by atoms with Gasteiger partial charge in [0.1, 0.15) is 24.5 Å². The van der Waals surface area contributed by atoms with Crippen molar-refractivity contribution in [1.29, 1.82) is 0 Å². The summed E-state index contributed by atoms with van der Waals surface area (Å²) in [6.45, 7) is 18.3. The van der Waals surface area contributed by atoms with Crippen molar-refractivity contribution in [3.8, 4) is 0 Å². The number of alkyl halides is 1. The highest BCUT2D eigenvalue weighted by atomic mass is 19.1. The van der Waals surface area contributed by atoms with E-state index in [0.717, 1.165) is 0 Å². The molecule has 0 saturated carbocycles. The van der Waals surface area contributed by atoms with Gasteiger partial charge in [-0.25, -0.2) is 4.39 Å². The molecular formula is C38H68FNO11. The van der Waals surface area contributed by atoms with Gasteiger partial charge in [-0.15, -0.1) is 0 Å². The number of cyclic esters (lactones) is 1. The van der Waals surface area contributed by atoms with Crippen LogP contribution in [0.4, 0.5) is 4.39 Å². The number of likely N-dealkylation sites (N-methyl/N-ethyl adjacent to an activating group) is 1. The molecule has 4 aliphatic heterocycles. The first-order chi connectivity index (χ1) is 23.7. The molecule has 298 valence electrons. The number of hydrogen-bond donors (Lipinski definition) is 3. The molecular weight excluding hydrogens is 665 g/mol. The number of esters is 1. The van der Waals surface area contributed by atoms with Gasteiger partial charge in [-0.2, -0.15) is 0 Å². The van der Waals surface area contributed by atoms with Crippen LogP contribution in [0.15, 0.2) is 0 Å². The lowest BCUT2D eigenvalue weighted by Gasteiger charge is -2.48. The first kappa shape index (κ1) is 42.7. The van der Waals surface area contributed by atoms with Gasteiger partial charge in [0.05, 0.1) is 53.7 Å². The second-order valence-corrected chi connectivity index (χ2v) is 17.0. The zero-order chi connectivity index (χ0) is 38.2. The van der Waals surface area contributed by atoms with Crippen LogP contribution in [0.5, 0.6) is 0 Å². The Labute approximate surface area is 304 Å². The molecule has 0 radical (unpaired) electrons. The second-order valence-electron chi connectivity index (χ2n) is 17.0. The van der Waals surface area contributed by atoms with Crippen LogP contribution in [0.3, 0.4) is 0 Å². The predicted octanol–water partition coefficient (Wildman–Crippen LogP) is 3.99. The molecule has 0 aliphatic carbocycles. The summed E-state index contributed by atoms with van der Waals surface area (Å²) in [5, 5.41) is 35.1. The Bertz CT molecular complexity index is 1150. The Morgan fingerprint density at radius 3 is 2.24 bits per heavy atom. The molecule has 4 aliphatic rings. The number of methoxy groups -OCH3 is 1. The van der Waals surface area contributed by atoms with E-state index < -0.39 is 102 Å². The number of carbonyl (C=O) groups is 1. The van der Waals surface area contributed by atoms with E-state index in [0.29, 0.717) is 25.7 Å². The Morgan fingerprint density at radius 2 is 1.63 bits per heavy atom. The van der Waals surface area contributed by atoms with Gasteiger partial charge in [0.25, 0.3) is 0 Å². The SMILES string of the molecule is CC[C@@H]1OC(=O)[C@H](C)[C@@H](O[C@H]2C[C@@](C)(OC)C[C@H](C)O2)[C@H](C)[C@@H](O[C@@H]2O[C@H](C)C[C@H](N(C)CCF)[C@H]2O)[C@]2(C)C[C@H](C)[C@@H](O2)[C@@H](C)[C@@H](O)[C@]1(C)O. The molecule has 0 amide bonds. The number of aliphatic hydroxyl groups is 3.